The number of carbonyl (C=O) groups is 1. The Morgan fingerprint density at radius 1 is 1.36 bits per heavy atom. The molecule has 0 aliphatic carbocycles. The Bertz CT molecular complexity index is 1300. The van der Waals surface area contributed by atoms with Crippen molar-refractivity contribution in [1.82, 2.24) is 24.6 Å². The maximum atomic E-state index is 13.5. The highest BCUT2D eigenvalue weighted by molar-refractivity contribution is 7.52. The quantitative estimate of drug-likeness (QED) is 0.226. The van der Waals surface area contributed by atoms with Crippen molar-refractivity contribution in [3.8, 4) is 5.75 Å². The van der Waals surface area contributed by atoms with Crippen molar-refractivity contribution in [2.75, 3.05) is 31.8 Å². The van der Waals surface area contributed by atoms with Crippen molar-refractivity contribution in [3.05, 3.63) is 36.7 Å². The van der Waals surface area contributed by atoms with Gasteiger partial charge in [0.2, 0.25) is 5.95 Å². The van der Waals surface area contributed by atoms with Crippen molar-refractivity contribution in [2.45, 2.75) is 31.7 Å². The predicted octanol–water partition coefficient (Wildman–Crippen LogP) is 2.11. The Hall–Kier alpha value is -3.58. The molecule has 0 unspecified atom stereocenters. The molecule has 4 rings (SSSR count). The van der Waals surface area contributed by atoms with Crippen LogP contribution in [0, 0.1) is 5.41 Å². The number of aromatic nitrogens is 4. The van der Waals surface area contributed by atoms with E-state index in [0.717, 1.165) is 0 Å². The lowest BCUT2D eigenvalue weighted by molar-refractivity contribution is -0.142. The van der Waals surface area contributed by atoms with E-state index in [4.69, 9.17) is 29.7 Å². The van der Waals surface area contributed by atoms with Gasteiger partial charge in [-0.1, -0.05) is 18.2 Å². The molecule has 0 spiro atoms. The van der Waals surface area contributed by atoms with E-state index in [-0.39, 0.29) is 30.4 Å². The molecule has 1 saturated heterocycles. The zero-order valence-corrected chi connectivity index (χ0v) is 20.8. The van der Waals surface area contributed by atoms with E-state index in [2.05, 4.69) is 25.4 Å². The topological polar surface area (TPSA) is 189 Å². The highest BCUT2D eigenvalue weighted by Gasteiger charge is 2.37. The van der Waals surface area contributed by atoms with Crippen LogP contribution in [0.5, 0.6) is 5.75 Å². The Morgan fingerprint density at radius 2 is 2.11 bits per heavy atom. The van der Waals surface area contributed by atoms with E-state index in [1.54, 1.807) is 41.9 Å². The molecule has 5 N–H and O–H groups in total. The van der Waals surface area contributed by atoms with E-state index in [0.29, 0.717) is 17.0 Å². The lowest BCUT2D eigenvalue weighted by atomic mass is 10.2. The van der Waals surface area contributed by atoms with Crippen LogP contribution in [-0.4, -0.2) is 64.1 Å². The number of ether oxygens (including phenoxy) is 2. The summed E-state index contributed by atoms with van der Waals surface area (Å²) in [6, 6.07) is 7.44. The van der Waals surface area contributed by atoms with Crippen molar-refractivity contribution < 1.29 is 27.9 Å². The number of methoxy groups -OCH3 is 1. The lowest BCUT2D eigenvalue weighted by Gasteiger charge is -2.23. The highest BCUT2D eigenvalue weighted by Crippen LogP contribution is 2.45. The third kappa shape index (κ3) is 5.46. The zero-order chi connectivity index (χ0) is 25.9. The van der Waals surface area contributed by atoms with Gasteiger partial charge in [0.1, 0.15) is 11.8 Å². The van der Waals surface area contributed by atoms with Crippen LogP contribution in [-0.2, 0) is 23.4 Å². The van der Waals surface area contributed by atoms with Gasteiger partial charge in [0, 0.05) is 13.5 Å². The molecule has 0 bridgehead atoms. The van der Waals surface area contributed by atoms with Gasteiger partial charge in [-0.15, -0.1) is 0 Å². The van der Waals surface area contributed by atoms with Gasteiger partial charge in [-0.25, -0.2) is 9.55 Å². The van der Waals surface area contributed by atoms with Gasteiger partial charge < -0.3 is 30.5 Å². The minimum Gasteiger partial charge on any atom is -0.468 e. The van der Waals surface area contributed by atoms with Gasteiger partial charge in [-0.2, -0.15) is 15.1 Å². The molecule has 1 aromatic carbocycles. The average Bonchev–Trinajstić information content (AvgIpc) is 3.44. The Labute approximate surface area is 206 Å². The molecule has 4 atom stereocenters. The average molecular weight is 518 g/mol. The van der Waals surface area contributed by atoms with Crippen LogP contribution in [0.4, 0.5) is 11.8 Å². The number of fused-ring (bicyclic) bond motifs is 1. The van der Waals surface area contributed by atoms with Gasteiger partial charge in [-0.3, -0.25) is 13.9 Å². The summed E-state index contributed by atoms with van der Waals surface area (Å²) < 4.78 is 37.1. The van der Waals surface area contributed by atoms with Crippen LogP contribution < -0.4 is 20.7 Å². The fourth-order valence-corrected chi connectivity index (χ4v) is 5.15. The first-order valence-electron chi connectivity index (χ1n) is 11.0. The molecule has 192 valence electrons. The lowest BCUT2D eigenvalue weighted by Crippen LogP contribution is -2.35. The SMILES string of the molecule is CNc1nc(N)nc2c1ncn2[C@@H]1O[C@H](CO[P@](=O)(N[C@@H](C)C(=O)OC)Oc2ccccc2)CC1=N. The first-order chi connectivity index (χ1) is 17.2. The number of carbonyl (C=O) groups excluding carboxylic acids is 1. The molecular weight excluding hydrogens is 491 g/mol. The first kappa shape index (κ1) is 25.5. The Morgan fingerprint density at radius 3 is 2.81 bits per heavy atom. The maximum absolute atomic E-state index is 13.5. The van der Waals surface area contributed by atoms with E-state index >= 15 is 0 Å². The van der Waals surface area contributed by atoms with Crippen LogP contribution in [0.1, 0.15) is 19.6 Å². The van der Waals surface area contributed by atoms with Gasteiger partial charge in [0.05, 0.1) is 31.9 Å². The number of esters is 1. The second-order valence-corrected chi connectivity index (χ2v) is 9.61. The molecule has 15 heteroatoms. The van der Waals surface area contributed by atoms with Crippen LogP contribution in [0.2, 0.25) is 0 Å². The monoisotopic (exact) mass is 518 g/mol. The highest BCUT2D eigenvalue weighted by atomic mass is 31.2. The number of benzene rings is 1. The number of nitrogen functional groups attached to an aromatic ring is 1. The normalized spacial score (nSPS) is 20.1. The molecule has 1 aliphatic heterocycles. The fraction of sp³-hybridized carbons (Fsp3) is 0.381. The van der Waals surface area contributed by atoms with E-state index in [9.17, 15) is 9.36 Å². The van der Waals surface area contributed by atoms with Gasteiger partial charge >= 0.3 is 13.7 Å². The first-order valence-corrected chi connectivity index (χ1v) is 12.5. The van der Waals surface area contributed by atoms with Crippen LogP contribution in [0.3, 0.4) is 0 Å². The van der Waals surface area contributed by atoms with Gasteiger partial charge in [0.25, 0.3) is 0 Å². The molecule has 1 fully saturated rings. The number of rotatable bonds is 10. The van der Waals surface area contributed by atoms with E-state index < -0.39 is 32.1 Å². The van der Waals surface area contributed by atoms with Gasteiger partial charge in [0.15, 0.2) is 23.2 Å². The second kappa shape index (κ2) is 10.6. The molecule has 2 aromatic heterocycles. The molecule has 3 aromatic rings. The molecule has 36 heavy (non-hydrogen) atoms. The summed E-state index contributed by atoms with van der Waals surface area (Å²) in [5, 5.41) is 13.9. The molecule has 0 amide bonds. The van der Waals surface area contributed by atoms with Crippen molar-refractivity contribution in [1.29, 1.82) is 5.41 Å². The van der Waals surface area contributed by atoms with Crippen LogP contribution in [0.25, 0.3) is 11.2 Å². The number of para-hydroxylation sites is 1. The molecule has 3 heterocycles. The minimum atomic E-state index is -4.04. The third-order valence-corrected chi connectivity index (χ3v) is 6.94. The maximum Gasteiger partial charge on any atom is 0.459 e. The number of nitrogens with zero attached hydrogens (tertiary/aromatic N) is 4. The molecule has 0 saturated carbocycles. The van der Waals surface area contributed by atoms with Crippen molar-refractivity contribution in [2.24, 2.45) is 0 Å². The molecule has 1 aliphatic rings. The standard InChI is InChI=1S/C21H27N8O6P/c1-12(20(30)32-3)28-36(31,35-13-7-5-4-6-8-13)33-10-14-9-15(22)19(34-14)29-11-25-16-17(24-2)26-21(23)27-18(16)29/h4-8,11-12,14,19,22H,9-10H2,1-3H3,(H,28,31)(H3,23,24,26,27)/t12-,14-,19+,36+/m0/s1. The van der Waals surface area contributed by atoms with Gasteiger partial charge in [-0.05, 0) is 19.1 Å². The summed E-state index contributed by atoms with van der Waals surface area (Å²) in [5.74, 6) is 0.141. The second-order valence-electron chi connectivity index (χ2n) is 7.92. The van der Waals surface area contributed by atoms with E-state index in [1.165, 1.54) is 20.4 Å². The van der Waals surface area contributed by atoms with Crippen LogP contribution >= 0.6 is 7.75 Å². The summed E-state index contributed by atoms with van der Waals surface area (Å²) in [6.07, 6.45) is 0.233. The smallest absolute Gasteiger partial charge is 0.459 e. The zero-order valence-electron chi connectivity index (χ0n) is 19.9. The fourth-order valence-electron chi connectivity index (χ4n) is 3.63. The molecule has 0 radical (unpaired) electrons. The number of hydrogen-bond acceptors (Lipinski definition) is 12. The molecular formula is C21H27N8O6P. The minimum absolute atomic E-state index is 0.0443. The Balaban J connectivity index is 1.50. The number of nitrogens with one attached hydrogen (secondary N) is 3. The van der Waals surface area contributed by atoms with E-state index in [1.807, 2.05) is 0 Å². The number of anilines is 2. The summed E-state index contributed by atoms with van der Waals surface area (Å²) in [7, 11) is -1.13. The number of nitrogens with two attached hydrogens (primary N) is 1. The van der Waals surface area contributed by atoms with Crippen molar-refractivity contribution in [3.63, 3.8) is 0 Å². The predicted molar refractivity (Wildman–Crippen MR) is 131 cm³/mol. The molecule has 14 nitrogen and oxygen atoms in total. The summed E-state index contributed by atoms with van der Waals surface area (Å²) in [6.45, 7) is 1.29. The third-order valence-electron chi connectivity index (χ3n) is 5.30. The summed E-state index contributed by atoms with van der Waals surface area (Å²) >= 11 is 0. The largest absolute Gasteiger partial charge is 0.468 e. The number of imidazole rings is 1. The van der Waals surface area contributed by atoms with Crippen LogP contribution in [0.15, 0.2) is 36.7 Å². The Kier molecular flexibility index (Phi) is 7.50. The summed E-state index contributed by atoms with van der Waals surface area (Å²) in [4.78, 5) is 24.6. The number of hydrogen-bond donors (Lipinski definition) is 4. The van der Waals surface area contributed by atoms with Crippen molar-refractivity contribution >= 4 is 42.4 Å². The summed E-state index contributed by atoms with van der Waals surface area (Å²) in [5.41, 5.74) is 6.93.